The Hall–Kier alpha value is -3.28. The summed E-state index contributed by atoms with van der Waals surface area (Å²) in [6.45, 7) is 1.77. The lowest BCUT2D eigenvalue weighted by Gasteiger charge is -2.15. The van der Waals surface area contributed by atoms with E-state index in [1.165, 1.54) is 0 Å². The van der Waals surface area contributed by atoms with Crippen molar-refractivity contribution in [1.82, 2.24) is 10.4 Å². The maximum atomic E-state index is 12.2. The number of hydrogen-bond acceptors (Lipinski definition) is 4. The van der Waals surface area contributed by atoms with Crippen LogP contribution >= 0.6 is 0 Å². The summed E-state index contributed by atoms with van der Waals surface area (Å²) < 4.78 is 5.27. The first kappa shape index (κ1) is 16.6. The van der Waals surface area contributed by atoms with Gasteiger partial charge in [0.25, 0.3) is 5.91 Å². The maximum absolute atomic E-state index is 12.2. The average molecular weight is 336 g/mol. The summed E-state index contributed by atoms with van der Waals surface area (Å²) in [5.74, 6) is 0.450. The Morgan fingerprint density at radius 1 is 1.20 bits per heavy atom. The van der Waals surface area contributed by atoms with Crippen molar-refractivity contribution in [3.05, 3.63) is 60.3 Å². The fraction of sp³-hybridized carbons (Fsp3) is 0.158. The Balaban J connectivity index is 1.62. The third kappa shape index (κ3) is 3.80. The number of nitrogens with one attached hydrogen (secondary N) is 3. The van der Waals surface area contributed by atoms with Gasteiger partial charge in [-0.15, -0.1) is 0 Å². The minimum Gasteiger partial charge on any atom is -0.495 e. The summed E-state index contributed by atoms with van der Waals surface area (Å²) in [4.78, 5) is 15.4. The zero-order valence-corrected chi connectivity index (χ0v) is 14.1. The van der Waals surface area contributed by atoms with Crippen LogP contribution < -0.4 is 15.5 Å². The first-order chi connectivity index (χ1) is 12.2. The number of hydrazone groups is 1. The van der Waals surface area contributed by atoms with Crippen LogP contribution in [-0.2, 0) is 4.79 Å². The smallest absolute Gasteiger partial charge is 0.262 e. The topological polar surface area (TPSA) is 78.5 Å². The Labute approximate surface area is 145 Å². The number of nitrogens with zero attached hydrogens (tertiary/aromatic N) is 1. The molecule has 0 aliphatic heterocycles. The lowest BCUT2D eigenvalue weighted by molar-refractivity contribution is -0.121. The first-order valence-electron chi connectivity index (χ1n) is 7.97. The van der Waals surface area contributed by atoms with Crippen molar-refractivity contribution in [2.45, 2.75) is 13.0 Å². The number of amides is 1. The van der Waals surface area contributed by atoms with Gasteiger partial charge in [0.1, 0.15) is 11.8 Å². The zero-order chi connectivity index (χ0) is 17.6. The number of benzene rings is 2. The number of aromatic nitrogens is 1. The molecule has 1 unspecified atom stereocenters. The van der Waals surface area contributed by atoms with Gasteiger partial charge < -0.3 is 15.0 Å². The number of methoxy groups -OCH3 is 1. The SMILES string of the molecule is COc1ccccc1NC(C)C(=O)N/N=C/c1c[nH]c2ccccc12. The molecule has 0 radical (unpaired) electrons. The monoisotopic (exact) mass is 336 g/mol. The van der Waals surface area contributed by atoms with Gasteiger partial charge in [0.2, 0.25) is 0 Å². The van der Waals surface area contributed by atoms with Crippen LogP contribution in [0, 0.1) is 0 Å². The van der Waals surface area contributed by atoms with E-state index >= 15 is 0 Å². The molecule has 0 bridgehead atoms. The van der Waals surface area contributed by atoms with Crippen LogP contribution in [0.5, 0.6) is 5.75 Å². The van der Waals surface area contributed by atoms with Crippen LogP contribution in [0.1, 0.15) is 12.5 Å². The fourth-order valence-corrected chi connectivity index (χ4v) is 2.53. The second kappa shape index (κ2) is 7.53. The first-order valence-corrected chi connectivity index (χ1v) is 7.97. The van der Waals surface area contributed by atoms with E-state index in [-0.39, 0.29) is 5.91 Å². The van der Waals surface area contributed by atoms with E-state index in [1.54, 1.807) is 20.2 Å². The summed E-state index contributed by atoms with van der Waals surface area (Å²) in [6.07, 6.45) is 3.49. The number of rotatable bonds is 6. The van der Waals surface area contributed by atoms with Gasteiger partial charge in [-0.3, -0.25) is 4.79 Å². The summed E-state index contributed by atoms with van der Waals surface area (Å²) in [6, 6.07) is 14.9. The number of para-hydroxylation sites is 3. The third-order valence-electron chi connectivity index (χ3n) is 3.87. The van der Waals surface area contributed by atoms with Crippen LogP contribution in [0.4, 0.5) is 5.69 Å². The number of carbonyl (C=O) groups is 1. The van der Waals surface area contributed by atoms with E-state index in [4.69, 9.17) is 4.74 Å². The van der Waals surface area contributed by atoms with Crippen LogP contribution in [0.15, 0.2) is 59.8 Å². The van der Waals surface area contributed by atoms with Gasteiger partial charge in [-0.1, -0.05) is 30.3 Å². The highest BCUT2D eigenvalue weighted by molar-refractivity contribution is 5.99. The lowest BCUT2D eigenvalue weighted by Crippen LogP contribution is -2.35. The lowest BCUT2D eigenvalue weighted by atomic mass is 10.2. The maximum Gasteiger partial charge on any atom is 0.262 e. The summed E-state index contributed by atoms with van der Waals surface area (Å²) in [5, 5.41) is 8.23. The highest BCUT2D eigenvalue weighted by atomic mass is 16.5. The number of fused-ring (bicyclic) bond motifs is 1. The van der Waals surface area contributed by atoms with Gasteiger partial charge in [0.05, 0.1) is 19.0 Å². The molecule has 6 nitrogen and oxygen atoms in total. The van der Waals surface area contributed by atoms with Crippen molar-refractivity contribution < 1.29 is 9.53 Å². The molecule has 25 heavy (non-hydrogen) atoms. The minimum absolute atomic E-state index is 0.234. The molecule has 1 amide bonds. The van der Waals surface area contributed by atoms with E-state index in [1.807, 2.05) is 54.7 Å². The van der Waals surface area contributed by atoms with E-state index in [0.29, 0.717) is 5.75 Å². The van der Waals surface area contributed by atoms with Gasteiger partial charge in [-0.2, -0.15) is 5.10 Å². The Morgan fingerprint density at radius 3 is 2.80 bits per heavy atom. The Bertz CT molecular complexity index is 901. The quantitative estimate of drug-likeness (QED) is 0.478. The largest absolute Gasteiger partial charge is 0.495 e. The average Bonchev–Trinajstić information content (AvgIpc) is 3.05. The fourth-order valence-electron chi connectivity index (χ4n) is 2.53. The van der Waals surface area contributed by atoms with Crippen LogP contribution in [-0.4, -0.2) is 30.3 Å². The minimum atomic E-state index is -0.462. The highest BCUT2D eigenvalue weighted by Crippen LogP contribution is 2.23. The predicted octanol–water partition coefficient (Wildman–Crippen LogP) is 3.13. The van der Waals surface area contributed by atoms with Crippen molar-refractivity contribution in [3.8, 4) is 5.75 Å². The standard InChI is InChI=1S/C19H20N4O2/c1-13(22-17-9-5-6-10-18(17)25-2)19(24)23-21-12-14-11-20-16-8-4-3-7-15(14)16/h3-13,20,22H,1-2H3,(H,23,24)/b21-12+. The molecule has 1 atom stereocenters. The molecular weight excluding hydrogens is 316 g/mol. The van der Waals surface area contributed by atoms with E-state index in [0.717, 1.165) is 22.2 Å². The van der Waals surface area contributed by atoms with Crippen molar-refractivity contribution in [2.75, 3.05) is 12.4 Å². The van der Waals surface area contributed by atoms with E-state index < -0.39 is 6.04 Å². The molecule has 3 rings (SSSR count). The van der Waals surface area contributed by atoms with Crippen LogP contribution in [0.2, 0.25) is 0 Å². The van der Waals surface area contributed by atoms with Gasteiger partial charge in [-0.25, -0.2) is 5.43 Å². The molecule has 0 saturated carbocycles. The zero-order valence-electron chi connectivity index (χ0n) is 14.1. The van der Waals surface area contributed by atoms with Crippen molar-refractivity contribution in [2.24, 2.45) is 5.10 Å². The molecule has 0 aliphatic rings. The summed E-state index contributed by atoms with van der Waals surface area (Å²) >= 11 is 0. The van der Waals surface area contributed by atoms with Crippen LogP contribution in [0.25, 0.3) is 10.9 Å². The number of hydrogen-bond donors (Lipinski definition) is 3. The van der Waals surface area contributed by atoms with Gasteiger partial charge >= 0.3 is 0 Å². The number of anilines is 1. The molecule has 3 N–H and O–H groups in total. The second-order valence-corrected chi connectivity index (χ2v) is 5.59. The number of ether oxygens (including phenoxy) is 1. The molecule has 3 aromatic rings. The molecule has 0 spiro atoms. The number of H-pyrrole nitrogens is 1. The van der Waals surface area contributed by atoms with Gasteiger partial charge in [-0.05, 0) is 25.1 Å². The molecule has 6 heteroatoms. The normalized spacial score (nSPS) is 12.2. The molecule has 0 fully saturated rings. The third-order valence-corrected chi connectivity index (χ3v) is 3.87. The Morgan fingerprint density at radius 2 is 1.96 bits per heavy atom. The predicted molar refractivity (Wildman–Crippen MR) is 100 cm³/mol. The van der Waals surface area contributed by atoms with Crippen molar-refractivity contribution in [1.29, 1.82) is 0 Å². The van der Waals surface area contributed by atoms with Gasteiger partial charge in [0.15, 0.2) is 0 Å². The molecular formula is C19H20N4O2. The molecule has 1 aromatic heterocycles. The summed E-state index contributed by atoms with van der Waals surface area (Å²) in [5.41, 5.74) is 5.26. The summed E-state index contributed by atoms with van der Waals surface area (Å²) in [7, 11) is 1.59. The number of carbonyl (C=O) groups excluding carboxylic acids is 1. The second-order valence-electron chi connectivity index (χ2n) is 5.59. The Kier molecular flexibility index (Phi) is 4.99. The van der Waals surface area contributed by atoms with Crippen LogP contribution in [0.3, 0.4) is 0 Å². The highest BCUT2D eigenvalue weighted by Gasteiger charge is 2.13. The molecule has 1 heterocycles. The van der Waals surface area contributed by atoms with Crippen molar-refractivity contribution in [3.63, 3.8) is 0 Å². The van der Waals surface area contributed by atoms with E-state index in [9.17, 15) is 4.79 Å². The van der Waals surface area contributed by atoms with E-state index in [2.05, 4.69) is 20.8 Å². The van der Waals surface area contributed by atoms with Crippen molar-refractivity contribution >= 4 is 28.7 Å². The molecule has 0 aliphatic carbocycles. The van der Waals surface area contributed by atoms with Gasteiger partial charge in [0, 0.05) is 22.7 Å². The molecule has 2 aromatic carbocycles. The molecule has 0 saturated heterocycles. The molecule has 128 valence electrons. The number of aromatic amines is 1.